The van der Waals surface area contributed by atoms with Crippen LogP contribution in [0.1, 0.15) is 18.7 Å². The summed E-state index contributed by atoms with van der Waals surface area (Å²) in [5.41, 5.74) is 2.82. The quantitative estimate of drug-likeness (QED) is 0.623. The number of halogens is 1. The predicted molar refractivity (Wildman–Crippen MR) is 110 cm³/mol. The highest BCUT2D eigenvalue weighted by molar-refractivity contribution is 6.44. The predicted octanol–water partition coefficient (Wildman–Crippen LogP) is 5.27. The molecule has 1 heterocycles. The maximum Gasteiger partial charge on any atom is 0.198 e. The molecule has 134 valence electrons. The number of nitrogens with zero attached hydrogens (tertiary/aromatic N) is 3. The number of ketones is 1. The van der Waals surface area contributed by atoms with Crippen molar-refractivity contribution in [1.82, 2.24) is 0 Å². The van der Waals surface area contributed by atoms with Gasteiger partial charge in [0.05, 0.1) is 5.69 Å². The van der Waals surface area contributed by atoms with Crippen LogP contribution in [0.4, 0.5) is 11.4 Å². The maximum atomic E-state index is 12.4. The Morgan fingerprint density at radius 3 is 2.04 bits per heavy atom. The number of hydrogen-bond acceptors (Lipinski definition) is 4. The van der Waals surface area contributed by atoms with Gasteiger partial charge in [0, 0.05) is 17.6 Å². The third-order valence-corrected chi connectivity index (χ3v) is 4.70. The fraction of sp³-hybridized carbons (Fsp3) is 0.0909. The van der Waals surface area contributed by atoms with E-state index in [-0.39, 0.29) is 11.9 Å². The molecule has 0 spiro atoms. The minimum Gasteiger partial charge on any atom is -0.295 e. The molecule has 27 heavy (non-hydrogen) atoms. The lowest BCUT2D eigenvalue weighted by molar-refractivity contribution is -0.111. The van der Waals surface area contributed by atoms with Crippen molar-refractivity contribution >= 4 is 34.6 Å². The molecule has 0 fully saturated rings. The van der Waals surface area contributed by atoms with Gasteiger partial charge in [-0.1, -0.05) is 60.1 Å². The molecule has 0 bridgehead atoms. The van der Waals surface area contributed by atoms with Crippen molar-refractivity contribution in [2.45, 2.75) is 13.1 Å². The highest BCUT2D eigenvalue weighted by Crippen LogP contribution is 2.39. The second-order valence-electron chi connectivity index (χ2n) is 6.29. The number of anilines is 2. The van der Waals surface area contributed by atoms with Crippen molar-refractivity contribution in [3.63, 3.8) is 0 Å². The fourth-order valence-corrected chi connectivity index (χ4v) is 3.36. The number of hydrogen-bond donors (Lipinski definition) is 0. The van der Waals surface area contributed by atoms with Gasteiger partial charge < -0.3 is 0 Å². The summed E-state index contributed by atoms with van der Waals surface area (Å²) in [6.45, 7) is 1.54. The molecule has 0 aromatic heterocycles. The molecule has 4 nitrogen and oxygen atoms in total. The van der Waals surface area contributed by atoms with Crippen LogP contribution in [0.2, 0.25) is 5.02 Å². The van der Waals surface area contributed by atoms with Gasteiger partial charge in [-0.05, 0) is 42.0 Å². The van der Waals surface area contributed by atoms with Gasteiger partial charge in [0.1, 0.15) is 0 Å². The van der Waals surface area contributed by atoms with Crippen LogP contribution in [-0.4, -0.2) is 11.6 Å². The SMILES string of the molecule is CC(=O)C1=NN(c2ccccc2)[C@H](c2ccccc2)N1c1ccc(Cl)cc1. The highest BCUT2D eigenvalue weighted by atomic mass is 35.5. The van der Waals surface area contributed by atoms with Crippen LogP contribution in [0.5, 0.6) is 0 Å². The number of rotatable bonds is 4. The van der Waals surface area contributed by atoms with E-state index in [1.54, 1.807) is 0 Å². The van der Waals surface area contributed by atoms with Crippen LogP contribution >= 0.6 is 11.6 Å². The third-order valence-electron chi connectivity index (χ3n) is 4.45. The number of carbonyl (C=O) groups excluding carboxylic acids is 1. The Labute approximate surface area is 163 Å². The van der Waals surface area contributed by atoms with E-state index in [9.17, 15) is 4.79 Å². The van der Waals surface area contributed by atoms with Crippen molar-refractivity contribution in [2.75, 3.05) is 9.91 Å². The largest absolute Gasteiger partial charge is 0.295 e. The van der Waals surface area contributed by atoms with Crippen molar-refractivity contribution in [3.05, 3.63) is 95.5 Å². The Balaban J connectivity index is 1.89. The van der Waals surface area contributed by atoms with Crippen LogP contribution in [-0.2, 0) is 4.79 Å². The Morgan fingerprint density at radius 2 is 1.44 bits per heavy atom. The van der Waals surface area contributed by atoms with E-state index in [2.05, 4.69) is 5.10 Å². The fourth-order valence-electron chi connectivity index (χ4n) is 3.23. The topological polar surface area (TPSA) is 35.9 Å². The Kier molecular flexibility index (Phi) is 4.65. The van der Waals surface area contributed by atoms with Crippen LogP contribution in [0.3, 0.4) is 0 Å². The van der Waals surface area contributed by atoms with Crippen LogP contribution in [0, 0.1) is 0 Å². The summed E-state index contributed by atoms with van der Waals surface area (Å²) in [5, 5.41) is 7.23. The number of amidine groups is 1. The first-order valence-electron chi connectivity index (χ1n) is 8.69. The molecule has 1 aliphatic heterocycles. The number of Topliss-reactive ketones (excluding diaryl/α,β-unsaturated/α-hetero) is 1. The van der Waals surface area contributed by atoms with Crippen molar-refractivity contribution in [3.8, 4) is 0 Å². The molecule has 0 aliphatic carbocycles. The summed E-state index contributed by atoms with van der Waals surface area (Å²) in [4.78, 5) is 14.4. The summed E-state index contributed by atoms with van der Waals surface area (Å²) >= 11 is 6.07. The number of carbonyl (C=O) groups is 1. The molecular formula is C22H18ClN3O. The second-order valence-corrected chi connectivity index (χ2v) is 6.73. The molecule has 1 aliphatic rings. The lowest BCUT2D eigenvalue weighted by Gasteiger charge is -2.32. The standard InChI is InChI=1S/C22H18ClN3O/c1-16(27)21-24-26(20-10-6-3-7-11-20)22(17-8-4-2-5-9-17)25(21)19-14-12-18(23)13-15-19/h2-15,22H,1H3/t22-/m1/s1. The molecule has 1 atom stereocenters. The average molecular weight is 376 g/mol. The number of benzene rings is 3. The first-order valence-corrected chi connectivity index (χ1v) is 9.06. The second kappa shape index (κ2) is 7.25. The number of para-hydroxylation sites is 1. The molecule has 0 radical (unpaired) electrons. The lowest BCUT2D eigenvalue weighted by atomic mass is 10.1. The molecule has 0 saturated carbocycles. The molecule has 5 heteroatoms. The zero-order valence-electron chi connectivity index (χ0n) is 14.8. The molecule has 3 aromatic rings. The van der Waals surface area contributed by atoms with E-state index in [1.165, 1.54) is 6.92 Å². The van der Waals surface area contributed by atoms with Gasteiger partial charge in [-0.15, -0.1) is 5.10 Å². The van der Waals surface area contributed by atoms with Crippen LogP contribution in [0.25, 0.3) is 0 Å². The molecule has 3 aromatic carbocycles. The van der Waals surface area contributed by atoms with Gasteiger partial charge in [0.2, 0.25) is 0 Å². The van der Waals surface area contributed by atoms with Gasteiger partial charge in [-0.25, -0.2) is 5.01 Å². The maximum absolute atomic E-state index is 12.4. The average Bonchev–Trinajstić information content (AvgIpc) is 3.11. The van der Waals surface area contributed by atoms with E-state index in [0.29, 0.717) is 10.9 Å². The Bertz CT molecular complexity index is 971. The summed E-state index contributed by atoms with van der Waals surface area (Å²) in [6, 6.07) is 27.4. The van der Waals surface area contributed by atoms with Crippen molar-refractivity contribution in [1.29, 1.82) is 0 Å². The van der Waals surface area contributed by atoms with Gasteiger partial charge in [0.15, 0.2) is 17.8 Å². The third kappa shape index (κ3) is 3.32. The first kappa shape index (κ1) is 17.3. The van der Waals surface area contributed by atoms with E-state index < -0.39 is 0 Å². The normalized spacial score (nSPS) is 16.4. The van der Waals surface area contributed by atoms with E-state index >= 15 is 0 Å². The smallest absolute Gasteiger partial charge is 0.198 e. The van der Waals surface area contributed by atoms with Gasteiger partial charge in [0.25, 0.3) is 0 Å². The molecular weight excluding hydrogens is 358 g/mol. The van der Waals surface area contributed by atoms with Gasteiger partial charge >= 0.3 is 0 Å². The Hall–Kier alpha value is -3.11. The zero-order chi connectivity index (χ0) is 18.8. The molecule has 0 amide bonds. The summed E-state index contributed by atoms with van der Waals surface area (Å²) in [7, 11) is 0. The minimum absolute atomic E-state index is 0.0932. The van der Waals surface area contributed by atoms with Crippen molar-refractivity contribution in [2.24, 2.45) is 5.10 Å². The van der Waals surface area contributed by atoms with Gasteiger partial charge in [-0.2, -0.15) is 0 Å². The monoisotopic (exact) mass is 375 g/mol. The summed E-state index contributed by atoms with van der Waals surface area (Å²) < 4.78 is 0. The summed E-state index contributed by atoms with van der Waals surface area (Å²) in [6.07, 6.45) is -0.270. The lowest BCUT2D eigenvalue weighted by Crippen LogP contribution is -2.37. The minimum atomic E-state index is -0.270. The molecule has 4 rings (SSSR count). The number of hydrazone groups is 1. The highest BCUT2D eigenvalue weighted by Gasteiger charge is 2.38. The molecule has 0 unspecified atom stereocenters. The van der Waals surface area contributed by atoms with Crippen LogP contribution < -0.4 is 9.91 Å². The van der Waals surface area contributed by atoms with Crippen LogP contribution in [0.15, 0.2) is 90.0 Å². The summed E-state index contributed by atoms with van der Waals surface area (Å²) in [5.74, 6) is 0.305. The van der Waals surface area contributed by atoms with E-state index in [1.807, 2.05) is 94.8 Å². The Morgan fingerprint density at radius 1 is 0.852 bits per heavy atom. The van der Waals surface area contributed by atoms with E-state index in [4.69, 9.17) is 11.6 Å². The molecule has 0 N–H and O–H groups in total. The van der Waals surface area contributed by atoms with E-state index in [0.717, 1.165) is 16.9 Å². The zero-order valence-corrected chi connectivity index (χ0v) is 15.5. The van der Waals surface area contributed by atoms with Crippen molar-refractivity contribution < 1.29 is 4.79 Å². The van der Waals surface area contributed by atoms with Gasteiger partial charge in [-0.3, -0.25) is 9.69 Å². The first-order chi connectivity index (χ1) is 13.1. The molecule has 0 saturated heterocycles.